The van der Waals surface area contributed by atoms with E-state index in [0.29, 0.717) is 33.7 Å². The number of amides is 1. The average molecular weight is 378 g/mol. The number of carbonyl (C=O) groups is 1. The topological polar surface area (TPSA) is 80.4 Å². The van der Waals surface area contributed by atoms with Crippen molar-refractivity contribution in [1.29, 1.82) is 0 Å². The quantitative estimate of drug-likeness (QED) is 0.700. The second-order valence-corrected chi connectivity index (χ2v) is 6.94. The molecule has 1 aliphatic rings. The maximum atomic E-state index is 12.9. The van der Waals surface area contributed by atoms with Gasteiger partial charge in [-0.1, -0.05) is 18.2 Å². The lowest BCUT2D eigenvalue weighted by atomic mass is 10.1. The molecule has 2 N–H and O–H groups in total. The molecule has 1 amide bonds. The predicted molar refractivity (Wildman–Crippen MR) is 108 cm³/mol. The third-order valence-electron chi connectivity index (χ3n) is 5.01. The summed E-state index contributed by atoms with van der Waals surface area (Å²) >= 11 is 0. The van der Waals surface area contributed by atoms with Gasteiger partial charge in [0, 0.05) is 28.7 Å². The molecule has 0 saturated heterocycles. The molecule has 1 aliphatic carbocycles. The first-order valence-electron chi connectivity index (χ1n) is 9.42. The molecule has 28 heavy (non-hydrogen) atoms. The summed E-state index contributed by atoms with van der Waals surface area (Å²) in [5.74, 6) is 0.897. The Kier molecular flexibility index (Phi) is 5.02. The zero-order valence-electron chi connectivity index (χ0n) is 15.7. The summed E-state index contributed by atoms with van der Waals surface area (Å²) in [4.78, 5) is 27.5. The largest absolute Gasteiger partial charge is 0.493 e. The van der Waals surface area contributed by atoms with Crippen LogP contribution in [0.2, 0.25) is 0 Å². The molecule has 0 atom stereocenters. The summed E-state index contributed by atoms with van der Waals surface area (Å²) in [6, 6.07) is 13.8. The molecule has 0 radical (unpaired) electrons. The minimum Gasteiger partial charge on any atom is -0.493 e. The molecule has 3 aromatic rings. The van der Waals surface area contributed by atoms with Gasteiger partial charge in [0.05, 0.1) is 18.8 Å². The highest BCUT2D eigenvalue weighted by atomic mass is 16.5. The van der Waals surface area contributed by atoms with E-state index >= 15 is 0 Å². The van der Waals surface area contributed by atoms with Crippen molar-refractivity contribution < 1.29 is 14.3 Å². The van der Waals surface area contributed by atoms with Gasteiger partial charge in [-0.15, -0.1) is 0 Å². The van der Waals surface area contributed by atoms with E-state index in [4.69, 9.17) is 9.47 Å². The Balaban J connectivity index is 1.62. The zero-order valence-corrected chi connectivity index (χ0v) is 15.7. The van der Waals surface area contributed by atoms with Gasteiger partial charge in [-0.05, 0) is 43.9 Å². The molecule has 0 unspecified atom stereocenters. The number of fused-ring (bicyclic) bond motifs is 1. The van der Waals surface area contributed by atoms with E-state index < -0.39 is 0 Å². The molecule has 0 spiro atoms. The Labute approximate surface area is 162 Å². The normalized spacial score (nSPS) is 14.2. The fourth-order valence-corrected chi connectivity index (χ4v) is 3.62. The highest BCUT2D eigenvalue weighted by Crippen LogP contribution is 2.34. The number of pyridine rings is 1. The minimum atomic E-state index is -0.348. The monoisotopic (exact) mass is 378 g/mol. The Bertz CT molecular complexity index is 1070. The van der Waals surface area contributed by atoms with Gasteiger partial charge >= 0.3 is 0 Å². The number of benzene rings is 2. The van der Waals surface area contributed by atoms with Gasteiger partial charge in [0.25, 0.3) is 5.91 Å². The third-order valence-corrected chi connectivity index (χ3v) is 5.01. The van der Waals surface area contributed by atoms with Gasteiger partial charge in [-0.25, -0.2) is 0 Å². The highest BCUT2D eigenvalue weighted by molar-refractivity contribution is 6.12. The number of H-pyrrole nitrogens is 1. The van der Waals surface area contributed by atoms with Crippen LogP contribution in [0.25, 0.3) is 10.9 Å². The minimum absolute atomic E-state index is 0.177. The molecule has 4 rings (SSSR count). The first-order valence-corrected chi connectivity index (χ1v) is 9.42. The van der Waals surface area contributed by atoms with Crippen LogP contribution in [-0.2, 0) is 0 Å². The maximum Gasteiger partial charge on any atom is 0.256 e. The number of hydrogen-bond donors (Lipinski definition) is 2. The summed E-state index contributed by atoms with van der Waals surface area (Å²) in [5.41, 5.74) is 1.22. The molecule has 1 fully saturated rings. The van der Waals surface area contributed by atoms with E-state index in [1.165, 1.54) is 18.9 Å². The van der Waals surface area contributed by atoms with Crippen molar-refractivity contribution in [3.05, 3.63) is 64.4 Å². The van der Waals surface area contributed by atoms with E-state index in [1.807, 2.05) is 18.2 Å². The van der Waals surface area contributed by atoms with Gasteiger partial charge in [0.15, 0.2) is 11.5 Å². The Hall–Kier alpha value is -3.28. The smallest absolute Gasteiger partial charge is 0.256 e. The SMILES string of the molecule is COc1ccc(NC(=O)c2cc(=O)[nH]c3ccccc23)cc1OC1CCCC1. The summed E-state index contributed by atoms with van der Waals surface area (Å²) in [5, 5.41) is 3.56. The lowest BCUT2D eigenvalue weighted by Crippen LogP contribution is -2.17. The first kappa shape index (κ1) is 18.1. The Morgan fingerprint density at radius 1 is 1.07 bits per heavy atom. The summed E-state index contributed by atoms with van der Waals surface area (Å²) < 4.78 is 11.5. The number of para-hydroxylation sites is 1. The van der Waals surface area contributed by atoms with Gasteiger partial charge in [0.2, 0.25) is 5.56 Å². The summed E-state index contributed by atoms with van der Waals surface area (Å²) in [6.45, 7) is 0. The number of aromatic nitrogens is 1. The van der Waals surface area contributed by atoms with E-state index in [0.717, 1.165) is 12.8 Å². The zero-order chi connectivity index (χ0) is 19.5. The van der Waals surface area contributed by atoms with Gasteiger partial charge < -0.3 is 19.8 Å². The lowest BCUT2D eigenvalue weighted by Gasteiger charge is -2.17. The lowest BCUT2D eigenvalue weighted by molar-refractivity contribution is 0.102. The molecule has 1 saturated carbocycles. The molecular formula is C22H22N2O4. The van der Waals surface area contributed by atoms with E-state index in [1.54, 1.807) is 31.4 Å². The van der Waals surface area contributed by atoms with Crippen LogP contribution in [0, 0.1) is 0 Å². The van der Waals surface area contributed by atoms with Crippen molar-refractivity contribution >= 4 is 22.5 Å². The van der Waals surface area contributed by atoms with Crippen molar-refractivity contribution in [2.24, 2.45) is 0 Å². The predicted octanol–water partition coefficient (Wildman–Crippen LogP) is 4.11. The van der Waals surface area contributed by atoms with Crippen LogP contribution in [0.3, 0.4) is 0 Å². The molecule has 0 aliphatic heterocycles. The van der Waals surface area contributed by atoms with Crippen LogP contribution < -0.4 is 20.3 Å². The molecular weight excluding hydrogens is 356 g/mol. The Morgan fingerprint density at radius 3 is 2.64 bits per heavy atom. The number of anilines is 1. The van der Waals surface area contributed by atoms with Crippen LogP contribution in [0.4, 0.5) is 5.69 Å². The number of nitrogens with one attached hydrogen (secondary N) is 2. The van der Waals surface area contributed by atoms with Crippen LogP contribution in [0.15, 0.2) is 53.3 Å². The second kappa shape index (κ2) is 7.76. The number of rotatable bonds is 5. The standard InChI is InChI=1S/C22H22N2O4/c1-27-19-11-10-14(12-20(19)28-15-6-2-3-7-15)23-22(26)17-13-21(25)24-18-9-5-4-8-16(17)18/h4-5,8-13,15H,2-3,6-7H2,1H3,(H,23,26)(H,24,25). The molecule has 1 aromatic heterocycles. The molecule has 0 bridgehead atoms. The molecule has 1 heterocycles. The van der Waals surface area contributed by atoms with Crippen LogP contribution in [0.1, 0.15) is 36.0 Å². The van der Waals surface area contributed by atoms with Crippen molar-refractivity contribution in [2.75, 3.05) is 12.4 Å². The van der Waals surface area contributed by atoms with Crippen LogP contribution in [0.5, 0.6) is 11.5 Å². The number of hydrogen-bond acceptors (Lipinski definition) is 4. The molecule has 6 heteroatoms. The molecule has 2 aromatic carbocycles. The molecule has 144 valence electrons. The fourth-order valence-electron chi connectivity index (χ4n) is 3.62. The fraction of sp³-hybridized carbons (Fsp3) is 0.273. The number of aromatic amines is 1. The summed E-state index contributed by atoms with van der Waals surface area (Å²) in [7, 11) is 1.59. The second-order valence-electron chi connectivity index (χ2n) is 6.94. The average Bonchev–Trinajstić information content (AvgIpc) is 3.20. The van der Waals surface area contributed by atoms with E-state index in [-0.39, 0.29) is 17.6 Å². The van der Waals surface area contributed by atoms with Gasteiger partial charge in [0.1, 0.15) is 0 Å². The van der Waals surface area contributed by atoms with Crippen LogP contribution >= 0.6 is 0 Å². The highest BCUT2D eigenvalue weighted by Gasteiger charge is 2.19. The van der Waals surface area contributed by atoms with E-state index in [9.17, 15) is 9.59 Å². The van der Waals surface area contributed by atoms with Crippen LogP contribution in [-0.4, -0.2) is 24.1 Å². The number of ether oxygens (including phenoxy) is 2. The van der Waals surface area contributed by atoms with Gasteiger partial charge in [-0.3, -0.25) is 9.59 Å². The number of carbonyl (C=O) groups excluding carboxylic acids is 1. The molecule has 6 nitrogen and oxygen atoms in total. The van der Waals surface area contributed by atoms with Crippen molar-refractivity contribution in [3.8, 4) is 11.5 Å². The maximum absolute atomic E-state index is 12.9. The van der Waals surface area contributed by atoms with E-state index in [2.05, 4.69) is 10.3 Å². The summed E-state index contributed by atoms with van der Waals surface area (Å²) in [6.07, 6.45) is 4.56. The van der Waals surface area contributed by atoms with Crippen molar-refractivity contribution in [2.45, 2.75) is 31.8 Å². The number of methoxy groups -OCH3 is 1. The van der Waals surface area contributed by atoms with Gasteiger partial charge in [-0.2, -0.15) is 0 Å². The van der Waals surface area contributed by atoms with Crippen molar-refractivity contribution in [1.82, 2.24) is 4.98 Å². The first-order chi connectivity index (χ1) is 13.6. The third kappa shape index (κ3) is 3.71. The Morgan fingerprint density at radius 2 is 1.86 bits per heavy atom. The van der Waals surface area contributed by atoms with Crippen molar-refractivity contribution in [3.63, 3.8) is 0 Å².